The summed E-state index contributed by atoms with van der Waals surface area (Å²) in [7, 11) is 1.35. The van der Waals surface area contributed by atoms with E-state index in [-0.39, 0.29) is 0 Å². The summed E-state index contributed by atoms with van der Waals surface area (Å²) in [6, 6.07) is 20.9. The Morgan fingerprint density at radius 3 is 2.10 bits per heavy atom. The maximum Gasteiger partial charge on any atom is 0.317 e. The molecule has 0 N–H and O–H groups in total. The van der Waals surface area contributed by atoms with Gasteiger partial charge in [-0.1, -0.05) is 60.7 Å². The number of carbonyl (C=O) groups is 1. The third-order valence-electron chi connectivity index (χ3n) is 3.82. The van der Waals surface area contributed by atoms with E-state index in [0.717, 1.165) is 11.1 Å². The van der Waals surface area contributed by atoms with Crippen LogP contribution in [0, 0.1) is 11.3 Å². The SMILES string of the molecule is COC(=O)[C@](C)(c1ccccc1)[C@@H](C#N)c1ccccc1. The van der Waals surface area contributed by atoms with Gasteiger partial charge in [0.25, 0.3) is 0 Å². The number of methoxy groups -OCH3 is 1. The molecule has 0 heterocycles. The van der Waals surface area contributed by atoms with Gasteiger partial charge in [-0.3, -0.25) is 4.79 Å². The molecule has 0 fully saturated rings. The molecule has 2 aromatic carbocycles. The highest BCUT2D eigenvalue weighted by Crippen LogP contribution is 2.39. The number of rotatable bonds is 4. The standard InChI is InChI=1S/C18H17NO2/c1-18(17(20)21-2,15-11-7-4-8-12-15)16(13-19)14-9-5-3-6-10-14/h3-12,16H,1-2H3/t16-,18+/m0/s1. The number of hydrogen-bond donors (Lipinski definition) is 0. The lowest BCUT2D eigenvalue weighted by molar-refractivity contribution is -0.147. The summed E-state index contributed by atoms with van der Waals surface area (Å²) in [5.74, 6) is -1.03. The van der Waals surface area contributed by atoms with Crippen molar-refractivity contribution in [2.24, 2.45) is 0 Å². The Labute approximate surface area is 124 Å². The molecule has 0 bridgehead atoms. The fraction of sp³-hybridized carbons (Fsp3) is 0.222. The largest absolute Gasteiger partial charge is 0.468 e. The smallest absolute Gasteiger partial charge is 0.317 e. The molecule has 2 aromatic rings. The molecular weight excluding hydrogens is 262 g/mol. The van der Waals surface area contributed by atoms with Gasteiger partial charge in [0.2, 0.25) is 0 Å². The van der Waals surface area contributed by atoms with Gasteiger partial charge >= 0.3 is 5.97 Å². The zero-order valence-electron chi connectivity index (χ0n) is 12.1. The summed E-state index contributed by atoms with van der Waals surface area (Å²) < 4.78 is 4.98. The summed E-state index contributed by atoms with van der Waals surface area (Å²) in [5, 5.41) is 9.66. The highest BCUT2D eigenvalue weighted by molar-refractivity contribution is 5.85. The molecule has 0 aliphatic heterocycles. The molecule has 0 unspecified atom stereocenters. The summed E-state index contributed by atoms with van der Waals surface area (Å²) in [6.45, 7) is 1.76. The van der Waals surface area contributed by atoms with E-state index in [1.165, 1.54) is 7.11 Å². The highest BCUT2D eigenvalue weighted by atomic mass is 16.5. The van der Waals surface area contributed by atoms with Crippen molar-refractivity contribution in [1.82, 2.24) is 0 Å². The lowest BCUT2D eigenvalue weighted by Gasteiger charge is -2.31. The third kappa shape index (κ3) is 2.66. The fourth-order valence-electron chi connectivity index (χ4n) is 2.58. The topological polar surface area (TPSA) is 50.1 Å². The van der Waals surface area contributed by atoms with Crippen LogP contribution in [0.1, 0.15) is 24.0 Å². The van der Waals surface area contributed by atoms with Gasteiger partial charge in [-0.25, -0.2) is 0 Å². The van der Waals surface area contributed by atoms with Gasteiger partial charge in [0.15, 0.2) is 0 Å². The summed E-state index contributed by atoms with van der Waals surface area (Å²) in [5.41, 5.74) is 0.524. The normalized spacial score (nSPS) is 14.5. The van der Waals surface area contributed by atoms with Crippen molar-refractivity contribution in [2.75, 3.05) is 7.11 Å². The number of ether oxygens (including phenoxy) is 1. The van der Waals surface area contributed by atoms with E-state index in [9.17, 15) is 10.1 Å². The van der Waals surface area contributed by atoms with Crippen molar-refractivity contribution in [3.8, 4) is 6.07 Å². The average Bonchev–Trinajstić information content (AvgIpc) is 2.56. The van der Waals surface area contributed by atoms with E-state index in [4.69, 9.17) is 4.74 Å². The van der Waals surface area contributed by atoms with Gasteiger partial charge in [0.1, 0.15) is 5.41 Å². The van der Waals surface area contributed by atoms with Crippen LogP contribution in [0.15, 0.2) is 60.7 Å². The van der Waals surface area contributed by atoms with Gasteiger partial charge in [0.05, 0.1) is 19.1 Å². The molecule has 3 heteroatoms. The number of esters is 1. The lowest BCUT2D eigenvalue weighted by atomic mass is 9.69. The minimum absolute atomic E-state index is 0.413. The van der Waals surface area contributed by atoms with Crippen LogP contribution in [0.25, 0.3) is 0 Å². The second-order valence-electron chi connectivity index (χ2n) is 5.03. The molecule has 3 nitrogen and oxygen atoms in total. The fourth-order valence-corrected chi connectivity index (χ4v) is 2.58. The Hall–Kier alpha value is -2.60. The first-order chi connectivity index (χ1) is 10.1. The molecule has 0 aliphatic carbocycles. The van der Waals surface area contributed by atoms with Gasteiger partial charge < -0.3 is 4.74 Å². The highest BCUT2D eigenvalue weighted by Gasteiger charge is 2.45. The van der Waals surface area contributed by atoms with Gasteiger partial charge in [-0.15, -0.1) is 0 Å². The van der Waals surface area contributed by atoms with E-state index >= 15 is 0 Å². The van der Waals surface area contributed by atoms with Crippen molar-refractivity contribution < 1.29 is 9.53 Å². The van der Waals surface area contributed by atoms with E-state index in [1.54, 1.807) is 6.92 Å². The number of benzene rings is 2. The zero-order chi connectivity index (χ0) is 15.3. The second kappa shape index (κ2) is 6.23. The Morgan fingerprint density at radius 1 is 1.10 bits per heavy atom. The molecule has 2 atom stereocenters. The molecular formula is C18H17NO2. The Bertz CT molecular complexity index is 646. The summed E-state index contributed by atoms with van der Waals surface area (Å²) >= 11 is 0. The molecule has 0 saturated heterocycles. The van der Waals surface area contributed by atoms with E-state index in [2.05, 4.69) is 6.07 Å². The Kier molecular flexibility index (Phi) is 4.39. The molecule has 0 aromatic heterocycles. The molecule has 0 amide bonds. The molecule has 106 valence electrons. The number of nitrogens with zero attached hydrogens (tertiary/aromatic N) is 1. The molecule has 2 rings (SSSR count). The summed E-state index contributed by atoms with van der Waals surface area (Å²) in [6.07, 6.45) is 0. The van der Waals surface area contributed by atoms with Gasteiger partial charge in [0, 0.05) is 0 Å². The van der Waals surface area contributed by atoms with Gasteiger partial charge in [-0.2, -0.15) is 5.26 Å². The minimum atomic E-state index is -1.05. The van der Waals surface area contributed by atoms with Crippen LogP contribution in [-0.4, -0.2) is 13.1 Å². The number of carbonyl (C=O) groups excluding carboxylic acids is 1. The maximum absolute atomic E-state index is 12.4. The van der Waals surface area contributed by atoms with Crippen LogP contribution in [0.2, 0.25) is 0 Å². The molecule has 21 heavy (non-hydrogen) atoms. The first-order valence-electron chi connectivity index (χ1n) is 6.73. The van der Waals surface area contributed by atoms with Crippen LogP contribution >= 0.6 is 0 Å². The zero-order valence-corrected chi connectivity index (χ0v) is 12.1. The third-order valence-corrected chi connectivity index (χ3v) is 3.82. The predicted octanol–water partition coefficient (Wildman–Crippen LogP) is 3.42. The molecule has 0 radical (unpaired) electrons. The number of nitriles is 1. The Morgan fingerprint density at radius 2 is 1.62 bits per heavy atom. The van der Waals surface area contributed by atoms with Crippen LogP contribution < -0.4 is 0 Å². The number of hydrogen-bond acceptors (Lipinski definition) is 3. The first kappa shape index (κ1) is 14.8. The predicted molar refractivity (Wildman–Crippen MR) is 80.6 cm³/mol. The monoisotopic (exact) mass is 279 g/mol. The Balaban J connectivity index is 2.60. The van der Waals surface area contributed by atoms with Crippen LogP contribution in [0.4, 0.5) is 0 Å². The maximum atomic E-state index is 12.4. The molecule has 0 aliphatic rings. The molecule has 0 saturated carbocycles. The van der Waals surface area contributed by atoms with Crippen molar-refractivity contribution in [3.63, 3.8) is 0 Å². The van der Waals surface area contributed by atoms with E-state index < -0.39 is 17.3 Å². The van der Waals surface area contributed by atoms with Crippen LogP contribution in [0.5, 0.6) is 0 Å². The minimum Gasteiger partial charge on any atom is -0.468 e. The van der Waals surface area contributed by atoms with Gasteiger partial charge in [-0.05, 0) is 18.1 Å². The average molecular weight is 279 g/mol. The van der Waals surface area contributed by atoms with Crippen LogP contribution in [0.3, 0.4) is 0 Å². The quantitative estimate of drug-likeness (QED) is 0.806. The van der Waals surface area contributed by atoms with Crippen LogP contribution in [-0.2, 0) is 14.9 Å². The first-order valence-corrected chi connectivity index (χ1v) is 6.73. The van der Waals surface area contributed by atoms with E-state index in [0.29, 0.717) is 0 Å². The van der Waals surface area contributed by atoms with Crippen molar-refractivity contribution in [1.29, 1.82) is 5.26 Å². The second-order valence-corrected chi connectivity index (χ2v) is 5.03. The van der Waals surface area contributed by atoms with Crippen molar-refractivity contribution >= 4 is 5.97 Å². The van der Waals surface area contributed by atoms with Crippen molar-refractivity contribution in [3.05, 3.63) is 71.8 Å². The molecule has 0 spiro atoms. The van der Waals surface area contributed by atoms with Crippen molar-refractivity contribution in [2.45, 2.75) is 18.3 Å². The van der Waals surface area contributed by atoms with E-state index in [1.807, 2.05) is 60.7 Å². The lowest BCUT2D eigenvalue weighted by Crippen LogP contribution is -2.39. The summed E-state index contributed by atoms with van der Waals surface area (Å²) in [4.78, 5) is 12.4.